The van der Waals surface area contributed by atoms with E-state index in [1.54, 1.807) is 44.6 Å². The van der Waals surface area contributed by atoms with Gasteiger partial charge in [0.2, 0.25) is 15.9 Å². The van der Waals surface area contributed by atoms with E-state index < -0.39 is 10.0 Å². The van der Waals surface area contributed by atoms with Crippen molar-refractivity contribution in [2.75, 3.05) is 20.1 Å². The molecule has 128 valence electrons. The monoisotopic (exact) mass is 347 g/mol. The normalized spacial score (nSPS) is 11.2. The molecule has 0 fully saturated rings. The summed E-state index contributed by atoms with van der Waals surface area (Å²) in [6.07, 6.45) is 4.09. The average Bonchev–Trinajstić information content (AvgIpc) is 2.58. The van der Waals surface area contributed by atoms with Crippen LogP contribution in [0.5, 0.6) is 0 Å². The van der Waals surface area contributed by atoms with Gasteiger partial charge in [-0.1, -0.05) is 18.2 Å². The zero-order chi connectivity index (χ0) is 17.6. The Morgan fingerprint density at radius 2 is 1.83 bits per heavy atom. The Bertz CT molecular complexity index is 792. The number of carbonyl (C=O) groups is 1. The SMILES string of the molecule is Cc1ccccc1S(=O)(=O)NCC(=O)N(C)CCc1ccncc1. The van der Waals surface area contributed by atoms with Gasteiger partial charge in [0.05, 0.1) is 11.4 Å². The van der Waals surface area contributed by atoms with Gasteiger partial charge in [-0.05, 0) is 42.7 Å². The molecule has 0 saturated heterocycles. The van der Waals surface area contributed by atoms with Crippen LogP contribution in [0, 0.1) is 6.92 Å². The fourth-order valence-corrected chi connectivity index (χ4v) is 3.42. The number of aryl methyl sites for hydroxylation is 1. The fraction of sp³-hybridized carbons (Fsp3) is 0.294. The molecule has 0 radical (unpaired) electrons. The highest BCUT2D eigenvalue weighted by Gasteiger charge is 2.18. The molecule has 0 atom stereocenters. The lowest BCUT2D eigenvalue weighted by Gasteiger charge is -2.17. The molecule has 1 N–H and O–H groups in total. The number of likely N-dealkylation sites (N-methyl/N-ethyl adjacent to an activating group) is 1. The zero-order valence-corrected chi connectivity index (χ0v) is 14.6. The molecule has 6 nitrogen and oxygen atoms in total. The first-order valence-electron chi connectivity index (χ1n) is 7.58. The molecule has 24 heavy (non-hydrogen) atoms. The van der Waals surface area contributed by atoms with Crippen molar-refractivity contribution < 1.29 is 13.2 Å². The quantitative estimate of drug-likeness (QED) is 0.820. The third kappa shape index (κ3) is 4.87. The minimum absolute atomic E-state index is 0.192. The fourth-order valence-electron chi connectivity index (χ4n) is 2.20. The molecule has 0 bridgehead atoms. The van der Waals surface area contributed by atoms with Crippen LogP contribution in [0.4, 0.5) is 0 Å². The topological polar surface area (TPSA) is 79.4 Å². The Morgan fingerprint density at radius 3 is 2.50 bits per heavy atom. The van der Waals surface area contributed by atoms with Crippen LogP contribution in [0.25, 0.3) is 0 Å². The van der Waals surface area contributed by atoms with Crippen LogP contribution in [0.3, 0.4) is 0 Å². The second-order valence-corrected chi connectivity index (χ2v) is 7.25. The lowest BCUT2D eigenvalue weighted by molar-refractivity contribution is -0.128. The summed E-state index contributed by atoms with van der Waals surface area (Å²) >= 11 is 0. The lowest BCUT2D eigenvalue weighted by Crippen LogP contribution is -2.39. The second kappa shape index (κ2) is 8.03. The highest BCUT2D eigenvalue weighted by Crippen LogP contribution is 2.13. The summed E-state index contributed by atoms with van der Waals surface area (Å²) in [5.74, 6) is -0.277. The van der Waals surface area contributed by atoms with Gasteiger partial charge in [-0.3, -0.25) is 9.78 Å². The number of aromatic nitrogens is 1. The van der Waals surface area contributed by atoms with Gasteiger partial charge in [-0.25, -0.2) is 13.1 Å². The minimum Gasteiger partial charge on any atom is -0.344 e. The van der Waals surface area contributed by atoms with E-state index in [0.29, 0.717) is 18.5 Å². The van der Waals surface area contributed by atoms with Crippen LogP contribution in [0.1, 0.15) is 11.1 Å². The predicted octanol–water partition coefficient (Wildman–Crippen LogP) is 1.37. The number of carbonyl (C=O) groups excluding carboxylic acids is 1. The summed E-state index contributed by atoms with van der Waals surface area (Å²) in [4.78, 5) is 17.8. The average molecular weight is 347 g/mol. The van der Waals surface area contributed by atoms with Crippen LogP contribution >= 0.6 is 0 Å². The van der Waals surface area contributed by atoms with E-state index >= 15 is 0 Å². The largest absolute Gasteiger partial charge is 0.344 e. The van der Waals surface area contributed by atoms with E-state index in [2.05, 4.69) is 9.71 Å². The Kier molecular flexibility index (Phi) is 6.05. The summed E-state index contributed by atoms with van der Waals surface area (Å²) in [6.45, 7) is 1.97. The number of amides is 1. The number of sulfonamides is 1. The Labute approximate surface area is 142 Å². The second-order valence-electron chi connectivity index (χ2n) is 5.51. The first kappa shape index (κ1) is 18.1. The van der Waals surface area contributed by atoms with Gasteiger partial charge >= 0.3 is 0 Å². The highest BCUT2D eigenvalue weighted by atomic mass is 32.2. The number of hydrogen-bond acceptors (Lipinski definition) is 4. The molecule has 1 aromatic heterocycles. The minimum atomic E-state index is -3.69. The van der Waals surface area contributed by atoms with Crippen molar-refractivity contribution >= 4 is 15.9 Å². The third-order valence-electron chi connectivity index (χ3n) is 3.71. The first-order chi connectivity index (χ1) is 11.4. The van der Waals surface area contributed by atoms with Crippen LogP contribution in [0.15, 0.2) is 53.7 Å². The Hall–Kier alpha value is -2.25. The van der Waals surface area contributed by atoms with Gasteiger partial charge in [0.15, 0.2) is 0 Å². The van der Waals surface area contributed by atoms with E-state index in [1.165, 1.54) is 11.0 Å². The molecule has 0 aliphatic carbocycles. The van der Waals surface area contributed by atoms with Crippen LogP contribution < -0.4 is 4.72 Å². The van der Waals surface area contributed by atoms with Crippen LogP contribution in [0.2, 0.25) is 0 Å². The van der Waals surface area contributed by atoms with E-state index in [4.69, 9.17) is 0 Å². The molecular formula is C17H21N3O3S. The van der Waals surface area contributed by atoms with Crippen molar-refractivity contribution in [2.24, 2.45) is 0 Å². The lowest BCUT2D eigenvalue weighted by atomic mass is 10.2. The molecule has 0 saturated carbocycles. The first-order valence-corrected chi connectivity index (χ1v) is 9.06. The van der Waals surface area contributed by atoms with Gasteiger partial charge in [0.1, 0.15) is 0 Å². The molecule has 0 aliphatic rings. The molecular weight excluding hydrogens is 326 g/mol. The summed E-state index contributed by atoms with van der Waals surface area (Å²) < 4.78 is 26.9. The van der Waals surface area contributed by atoms with Crippen molar-refractivity contribution in [3.05, 3.63) is 59.9 Å². The van der Waals surface area contributed by atoms with Crippen molar-refractivity contribution in [3.63, 3.8) is 0 Å². The number of nitrogens with one attached hydrogen (secondary N) is 1. The standard InChI is InChI=1S/C17H21N3O3S/c1-14-5-3-4-6-16(14)24(22,23)19-13-17(21)20(2)12-9-15-7-10-18-11-8-15/h3-8,10-11,19H,9,12-13H2,1-2H3. The highest BCUT2D eigenvalue weighted by molar-refractivity contribution is 7.89. The predicted molar refractivity (Wildman–Crippen MR) is 91.9 cm³/mol. The molecule has 2 rings (SSSR count). The van der Waals surface area contributed by atoms with Crippen LogP contribution in [-0.2, 0) is 21.2 Å². The van der Waals surface area contributed by atoms with Gasteiger partial charge < -0.3 is 4.90 Å². The van der Waals surface area contributed by atoms with Gasteiger partial charge in [0, 0.05) is 26.0 Å². The number of benzene rings is 1. The molecule has 1 heterocycles. The smallest absolute Gasteiger partial charge is 0.241 e. The maximum Gasteiger partial charge on any atom is 0.241 e. The van der Waals surface area contributed by atoms with E-state index in [9.17, 15) is 13.2 Å². The molecule has 0 spiro atoms. The molecule has 7 heteroatoms. The molecule has 0 unspecified atom stereocenters. The summed E-state index contributed by atoms with van der Waals surface area (Å²) in [5.41, 5.74) is 1.72. The van der Waals surface area contributed by atoms with Gasteiger partial charge in [-0.15, -0.1) is 0 Å². The number of pyridine rings is 1. The Balaban J connectivity index is 1.89. The molecule has 0 aliphatic heterocycles. The molecule has 1 amide bonds. The summed E-state index contributed by atoms with van der Waals surface area (Å²) in [6, 6.07) is 10.4. The van der Waals surface area contributed by atoms with Crippen molar-refractivity contribution in [2.45, 2.75) is 18.2 Å². The maximum absolute atomic E-state index is 12.3. The van der Waals surface area contributed by atoms with Crippen LogP contribution in [-0.4, -0.2) is 44.3 Å². The van der Waals surface area contributed by atoms with E-state index in [-0.39, 0.29) is 17.3 Å². The molecule has 2 aromatic rings. The summed E-state index contributed by atoms with van der Waals surface area (Å²) in [7, 11) is -2.03. The number of hydrogen-bond donors (Lipinski definition) is 1. The van der Waals surface area contributed by atoms with E-state index in [0.717, 1.165) is 5.56 Å². The van der Waals surface area contributed by atoms with Gasteiger partial charge in [-0.2, -0.15) is 0 Å². The zero-order valence-electron chi connectivity index (χ0n) is 13.8. The van der Waals surface area contributed by atoms with Crippen molar-refractivity contribution in [1.82, 2.24) is 14.6 Å². The summed E-state index contributed by atoms with van der Waals surface area (Å²) in [5, 5.41) is 0. The Morgan fingerprint density at radius 1 is 1.17 bits per heavy atom. The molecule has 1 aromatic carbocycles. The van der Waals surface area contributed by atoms with E-state index in [1.807, 2.05) is 12.1 Å². The van der Waals surface area contributed by atoms with Crippen molar-refractivity contribution in [3.8, 4) is 0 Å². The van der Waals surface area contributed by atoms with Crippen molar-refractivity contribution in [1.29, 1.82) is 0 Å². The van der Waals surface area contributed by atoms with Gasteiger partial charge in [0.25, 0.3) is 0 Å². The number of rotatable bonds is 7. The maximum atomic E-state index is 12.3. The number of nitrogens with zero attached hydrogens (tertiary/aromatic N) is 2. The third-order valence-corrected chi connectivity index (χ3v) is 5.27.